The molecule has 0 aliphatic carbocycles. The van der Waals surface area contributed by atoms with Crippen LogP contribution in [0.15, 0.2) is 24.3 Å². The van der Waals surface area contributed by atoms with Gasteiger partial charge in [-0.3, -0.25) is 9.59 Å². The molecule has 0 saturated carbocycles. The minimum absolute atomic E-state index is 0.219. The average molecular weight is 412 g/mol. The van der Waals surface area contributed by atoms with E-state index in [1.54, 1.807) is 0 Å². The number of carbonyl (C=O) groups is 6. The molecule has 12 heteroatoms. The van der Waals surface area contributed by atoms with Crippen molar-refractivity contribution in [3.05, 3.63) is 24.3 Å². The summed E-state index contributed by atoms with van der Waals surface area (Å²) >= 11 is 0. The van der Waals surface area contributed by atoms with Crippen LogP contribution < -0.4 is 5.32 Å². The summed E-state index contributed by atoms with van der Waals surface area (Å²) in [4.78, 5) is 70.0. The van der Waals surface area contributed by atoms with Gasteiger partial charge in [-0.05, 0) is 0 Å². The lowest BCUT2D eigenvalue weighted by molar-refractivity contribution is -0.156. The molecule has 0 spiro atoms. The van der Waals surface area contributed by atoms with Crippen molar-refractivity contribution in [3.8, 4) is 0 Å². The molecule has 1 N–H and O–H groups in total. The molecule has 1 aliphatic heterocycles. The van der Waals surface area contributed by atoms with Crippen molar-refractivity contribution in [1.82, 2.24) is 10.2 Å². The average Bonchev–Trinajstić information content (AvgIpc) is 2.70. The number of amides is 2. The van der Waals surface area contributed by atoms with Gasteiger partial charge in [0.1, 0.15) is 6.61 Å². The molecule has 12 nitrogen and oxygen atoms in total. The van der Waals surface area contributed by atoms with Crippen LogP contribution in [-0.4, -0.2) is 87.2 Å². The van der Waals surface area contributed by atoms with Gasteiger partial charge < -0.3 is 29.2 Å². The Kier molecular flexibility index (Phi) is 9.57. The molecule has 2 amide bonds. The smallest absolute Gasteiger partial charge is 0.331 e. The molecule has 1 rings (SSSR count). The molecule has 1 atom stereocenters. The summed E-state index contributed by atoms with van der Waals surface area (Å²) in [6.45, 7) is -1.20. The normalized spacial score (nSPS) is 15.0. The standard InChI is InChI=1S/C17H20N2O10/c1-26-14(22)3-5-16(24)28-10-11(29-17(25)6-4-15(23)27-2)8-19-9-12(20)18-7-13(19)21/h3-6,11H,7-10H2,1-2H3,(H,18,20)/b5-3+,6-4+. The highest BCUT2D eigenvalue weighted by molar-refractivity contribution is 5.93. The number of nitrogens with one attached hydrogen (secondary N) is 1. The van der Waals surface area contributed by atoms with Crippen molar-refractivity contribution in [2.45, 2.75) is 6.10 Å². The van der Waals surface area contributed by atoms with E-state index in [1.807, 2.05) is 0 Å². The molecule has 0 aromatic heterocycles. The fraction of sp³-hybridized carbons (Fsp3) is 0.412. The van der Waals surface area contributed by atoms with Gasteiger partial charge in [0.05, 0.1) is 33.9 Å². The molecule has 1 heterocycles. The number of methoxy groups -OCH3 is 2. The Morgan fingerprint density at radius 3 is 2.10 bits per heavy atom. The first-order valence-corrected chi connectivity index (χ1v) is 8.19. The highest BCUT2D eigenvalue weighted by Gasteiger charge is 2.27. The maximum absolute atomic E-state index is 11.9. The van der Waals surface area contributed by atoms with E-state index in [0.717, 1.165) is 43.4 Å². The summed E-state index contributed by atoms with van der Waals surface area (Å²) in [5, 5.41) is 2.36. The van der Waals surface area contributed by atoms with Gasteiger partial charge in [0.15, 0.2) is 6.10 Å². The van der Waals surface area contributed by atoms with E-state index in [2.05, 4.69) is 14.8 Å². The maximum Gasteiger partial charge on any atom is 0.331 e. The molecule has 158 valence electrons. The lowest BCUT2D eigenvalue weighted by atomic mass is 10.2. The molecular formula is C17H20N2O10. The quantitative estimate of drug-likeness (QED) is 0.252. The van der Waals surface area contributed by atoms with E-state index >= 15 is 0 Å². The maximum atomic E-state index is 11.9. The zero-order valence-electron chi connectivity index (χ0n) is 15.7. The first-order chi connectivity index (χ1) is 13.7. The fourth-order valence-electron chi connectivity index (χ4n) is 1.97. The molecule has 0 radical (unpaired) electrons. The molecule has 29 heavy (non-hydrogen) atoms. The number of rotatable bonds is 9. The largest absolute Gasteiger partial charge is 0.466 e. The Labute approximate surface area is 165 Å². The Balaban J connectivity index is 2.76. The first kappa shape index (κ1) is 23.3. The van der Waals surface area contributed by atoms with Crippen molar-refractivity contribution in [3.63, 3.8) is 0 Å². The first-order valence-electron chi connectivity index (χ1n) is 8.19. The van der Waals surface area contributed by atoms with Crippen LogP contribution >= 0.6 is 0 Å². The molecule has 1 fully saturated rings. The Morgan fingerprint density at radius 2 is 1.52 bits per heavy atom. The van der Waals surface area contributed by atoms with Crippen molar-refractivity contribution < 1.29 is 47.7 Å². The topological polar surface area (TPSA) is 155 Å². The third-order valence-electron chi connectivity index (χ3n) is 3.36. The predicted octanol–water partition coefficient (Wildman–Crippen LogP) is -2.14. The minimum atomic E-state index is -1.14. The highest BCUT2D eigenvalue weighted by Crippen LogP contribution is 2.04. The fourth-order valence-corrected chi connectivity index (χ4v) is 1.97. The summed E-state index contributed by atoms with van der Waals surface area (Å²) in [7, 11) is 2.25. The van der Waals surface area contributed by atoms with Gasteiger partial charge in [0, 0.05) is 24.3 Å². The monoisotopic (exact) mass is 412 g/mol. The third-order valence-corrected chi connectivity index (χ3v) is 3.36. The van der Waals surface area contributed by atoms with Crippen LogP contribution in [0.5, 0.6) is 0 Å². The van der Waals surface area contributed by atoms with Crippen LogP contribution in [0.4, 0.5) is 0 Å². The van der Waals surface area contributed by atoms with Gasteiger partial charge in [-0.25, -0.2) is 19.2 Å². The second-order valence-electron chi connectivity index (χ2n) is 5.45. The van der Waals surface area contributed by atoms with Gasteiger partial charge in [0.25, 0.3) is 0 Å². The lowest BCUT2D eigenvalue weighted by Crippen LogP contribution is -2.54. The van der Waals surface area contributed by atoms with Gasteiger partial charge in [-0.15, -0.1) is 0 Å². The summed E-state index contributed by atoms with van der Waals surface area (Å²) in [6.07, 6.45) is 2.12. The van der Waals surface area contributed by atoms with E-state index in [9.17, 15) is 28.8 Å². The van der Waals surface area contributed by atoms with Gasteiger partial charge >= 0.3 is 23.9 Å². The van der Waals surface area contributed by atoms with E-state index in [1.165, 1.54) is 0 Å². The number of ether oxygens (including phenoxy) is 4. The van der Waals surface area contributed by atoms with Gasteiger partial charge in [-0.1, -0.05) is 0 Å². The minimum Gasteiger partial charge on any atom is -0.466 e. The van der Waals surface area contributed by atoms with Crippen LogP contribution in [-0.2, 0) is 47.7 Å². The van der Waals surface area contributed by atoms with E-state index in [4.69, 9.17) is 9.47 Å². The Hall–Kier alpha value is -3.70. The summed E-state index contributed by atoms with van der Waals surface area (Å²) in [5.74, 6) is -4.28. The lowest BCUT2D eigenvalue weighted by Gasteiger charge is -2.29. The number of hydrogen-bond donors (Lipinski definition) is 1. The third kappa shape index (κ3) is 9.17. The highest BCUT2D eigenvalue weighted by atomic mass is 16.6. The Bertz CT molecular complexity index is 728. The summed E-state index contributed by atoms with van der Waals surface area (Å²) in [5.41, 5.74) is 0. The van der Waals surface area contributed by atoms with Crippen LogP contribution in [0, 0.1) is 0 Å². The summed E-state index contributed by atoms with van der Waals surface area (Å²) < 4.78 is 18.6. The van der Waals surface area contributed by atoms with Crippen molar-refractivity contribution in [1.29, 1.82) is 0 Å². The number of nitrogens with zero attached hydrogens (tertiary/aromatic N) is 1. The van der Waals surface area contributed by atoms with Crippen molar-refractivity contribution in [2.24, 2.45) is 0 Å². The molecule has 0 bridgehead atoms. The summed E-state index contributed by atoms with van der Waals surface area (Å²) in [6, 6.07) is 0. The van der Waals surface area contributed by atoms with Gasteiger partial charge in [-0.2, -0.15) is 0 Å². The predicted molar refractivity (Wildman–Crippen MR) is 92.7 cm³/mol. The van der Waals surface area contributed by atoms with E-state index in [-0.39, 0.29) is 19.6 Å². The molecule has 1 unspecified atom stereocenters. The number of piperazine rings is 1. The molecule has 1 aliphatic rings. The van der Waals surface area contributed by atoms with Crippen LogP contribution in [0.3, 0.4) is 0 Å². The molecule has 0 aromatic rings. The zero-order chi connectivity index (χ0) is 21.8. The van der Waals surface area contributed by atoms with Crippen LogP contribution in [0.1, 0.15) is 0 Å². The SMILES string of the molecule is COC(=O)/C=C/C(=O)OCC(CN1CC(=O)NCC1=O)OC(=O)/C=C/C(=O)OC. The van der Waals surface area contributed by atoms with Crippen molar-refractivity contribution in [2.75, 3.05) is 40.5 Å². The zero-order valence-corrected chi connectivity index (χ0v) is 15.7. The number of esters is 4. The molecular weight excluding hydrogens is 392 g/mol. The number of carbonyl (C=O) groups excluding carboxylic acids is 6. The number of hydrogen-bond acceptors (Lipinski definition) is 10. The van der Waals surface area contributed by atoms with E-state index in [0.29, 0.717) is 0 Å². The second-order valence-corrected chi connectivity index (χ2v) is 5.45. The molecule has 0 aromatic carbocycles. The Morgan fingerprint density at radius 1 is 0.966 bits per heavy atom. The second kappa shape index (κ2) is 11.9. The van der Waals surface area contributed by atoms with Crippen molar-refractivity contribution >= 4 is 35.7 Å². The van der Waals surface area contributed by atoms with E-state index < -0.39 is 48.4 Å². The van der Waals surface area contributed by atoms with Crippen LogP contribution in [0.2, 0.25) is 0 Å². The van der Waals surface area contributed by atoms with Crippen LogP contribution in [0.25, 0.3) is 0 Å². The van der Waals surface area contributed by atoms with Gasteiger partial charge in [0.2, 0.25) is 11.8 Å². The molecule has 1 saturated heterocycles.